The van der Waals surface area contributed by atoms with Crippen molar-refractivity contribution in [3.63, 3.8) is 0 Å². The molecule has 2 amide bonds. The number of methoxy groups -OCH3 is 1. The minimum absolute atomic E-state index is 0.0398. The van der Waals surface area contributed by atoms with Crippen molar-refractivity contribution in [2.24, 2.45) is 0 Å². The monoisotopic (exact) mass is 456 g/mol. The number of hydrogen-bond donors (Lipinski definition) is 0. The van der Waals surface area contributed by atoms with Crippen molar-refractivity contribution >= 4 is 17.5 Å². The number of nitrogens with zero attached hydrogens (tertiary/aromatic N) is 2. The first-order valence-corrected chi connectivity index (χ1v) is 11.3. The van der Waals surface area contributed by atoms with Crippen LogP contribution in [0.25, 0.3) is 0 Å². The highest BCUT2D eigenvalue weighted by Gasteiger charge is 2.28. The van der Waals surface area contributed by atoms with Crippen LogP contribution in [0.4, 0.5) is 5.69 Å². The number of benzene rings is 2. The Morgan fingerprint density at radius 1 is 0.970 bits per heavy atom. The van der Waals surface area contributed by atoms with Gasteiger partial charge in [0.25, 0.3) is 5.91 Å². The van der Waals surface area contributed by atoms with Crippen molar-refractivity contribution in [1.82, 2.24) is 4.90 Å². The van der Waals surface area contributed by atoms with E-state index < -0.39 is 0 Å². The maximum absolute atomic E-state index is 13.8. The van der Waals surface area contributed by atoms with Crippen molar-refractivity contribution in [3.8, 4) is 23.0 Å². The average Bonchev–Trinajstić information content (AvgIpc) is 3.23. The zero-order valence-corrected chi connectivity index (χ0v) is 19.8. The lowest BCUT2D eigenvalue weighted by molar-refractivity contribution is -0.127. The van der Waals surface area contributed by atoms with E-state index in [1.807, 2.05) is 20.8 Å². The average molecular weight is 457 g/mol. The second kappa shape index (κ2) is 11.4. The Morgan fingerprint density at radius 2 is 1.58 bits per heavy atom. The summed E-state index contributed by atoms with van der Waals surface area (Å²) in [5, 5.41) is 0. The molecule has 1 heterocycles. The lowest BCUT2D eigenvalue weighted by Crippen LogP contribution is -2.42. The molecule has 0 aliphatic carbocycles. The molecule has 8 nitrogen and oxygen atoms in total. The van der Waals surface area contributed by atoms with Gasteiger partial charge in [-0.3, -0.25) is 14.5 Å². The number of carbonyl (C=O) groups is 2. The van der Waals surface area contributed by atoms with E-state index in [0.29, 0.717) is 67.0 Å². The molecule has 0 N–H and O–H groups in total. The summed E-state index contributed by atoms with van der Waals surface area (Å²) in [7, 11) is 1.59. The zero-order valence-electron chi connectivity index (χ0n) is 19.8. The van der Waals surface area contributed by atoms with Gasteiger partial charge >= 0.3 is 0 Å². The third-order valence-corrected chi connectivity index (χ3v) is 5.27. The minimum atomic E-state index is -0.273. The molecule has 33 heavy (non-hydrogen) atoms. The van der Waals surface area contributed by atoms with Crippen LogP contribution in [0.2, 0.25) is 0 Å². The number of likely N-dealkylation sites (tertiary alicyclic amines) is 1. The Kier molecular flexibility index (Phi) is 8.40. The molecular formula is C25H32N2O6. The fraction of sp³-hybridized carbons (Fsp3) is 0.440. The number of anilines is 1. The van der Waals surface area contributed by atoms with Gasteiger partial charge in [0.1, 0.15) is 12.4 Å². The van der Waals surface area contributed by atoms with Gasteiger partial charge in [-0.05, 0) is 63.6 Å². The van der Waals surface area contributed by atoms with Gasteiger partial charge in [-0.15, -0.1) is 0 Å². The van der Waals surface area contributed by atoms with Crippen molar-refractivity contribution in [1.29, 1.82) is 0 Å². The minimum Gasteiger partial charge on any atom is -0.497 e. The fourth-order valence-corrected chi connectivity index (χ4v) is 3.72. The van der Waals surface area contributed by atoms with Gasteiger partial charge in [-0.1, -0.05) is 0 Å². The first-order valence-electron chi connectivity index (χ1n) is 11.3. The molecule has 0 bridgehead atoms. The van der Waals surface area contributed by atoms with E-state index in [0.717, 1.165) is 6.42 Å². The quantitative estimate of drug-likeness (QED) is 0.506. The summed E-state index contributed by atoms with van der Waals surface area (Å²) in [5.41, 5.74) is 1.04. The van der Waals surface area contributed by atoms with Gasteiger partial charge in [0.05, 0.1) is 26.9 Å². The molecule has 178 valence electrons. The molecule has 0 aromatic heterocycles. The van der Waals surface area contributed by atoms with E-state index in [-0.39, 0.29) is 18.5 Å². The SMILES string of the molecule is CCOc1cc(C(=O)N(CN2CCCC2=O)c2ccc(OC)cc2)cc(OCC)c1OCC. The predicted molar refractivity (Wildman–Crippen MR) is 126 cm³/mol. The van der Waals surface area contributed by atoms with Crippen LogP contribution in [0.3, 0.4) is 0 Å². The molecule has 0 radical (unpaired) electrons. The van der Waals surface area contributed by atoms with Crippen LogP contribution >= 0.6 is 0 Å². The molecule has 0 atom stereocenters. The number of rotatable bonds is 11. The lowest BCUT2D eigenvalue weighted by Gasteiger charge is -2.28. The normalized spacial score (nSPS) is 13.1. The van der Waals surface area contributed by atoms with E-state index >= 15 is 0 Å². The maximum Gasteiger partial charge on any atom is 0.260 e. The summed E-state index contributed by atoms with van der Waals surface area (Å²) >= 11 is 0. The van der Waals surface area contributed by atoms with Crippen LogP contribution in [0.15, 0.2) is 36.4 Å². The molecule has 1 aliphatic rings. The highest BCUT2D eigenvalue weighted by Crippen LogP contribution is 2.40. The van der Waals surface area contributed by atoms with Gasteiger partial charge < -0.3 is 23.8 Å². The Morgan fingerprint density at radius 3 is 2.06 bits per heavy atom. The van der Waals surface area contributed by atoms with E-state index in [1.165, 1.54) is 0 Å². The predicted octanol–water partition coefficient (Wildman–Crippen LogP) is 4.12. The summed E-state index contributed by atoms with van der Waals surface area (Å²) in [4.78, 5) is 29.4. The Labute approximate surface area is 195 Å². The van der Waals surface area contributed by atoms with Crippen molar-refractivity contribution in [2.75, 3.05) is 45.0 Å². The summed E-state index contributed by atoms with van der Waals surface area (Å²) in [6.07, 6.45) is 1.28. The molecule has 1 saturated heterocycles. The van der Waals surface area contributed by atoms with Crippen LogP contribution in [-0.4, -0.2) is 56.9 Å². The van der Waals surface area contributed by atoms with Crippen LogP contribution < -0.4 is 23.8 Å². The van der Waals surface area contributed by atoms with E-state index in [2.05, 4.69) is 0 Å². The molecule has 2 aromatic rings. The molecule has 8 heteroatoms. The first kappa shape index (κ1) is 24.2. The number of carbonyl (C=O) groups excluding carboxylic acids is 2. The summed E-state index contributed by atoms with van der Waals surface area (Å²) in [6.45, 7) is 7.65. The molecule has 0 saturated carbocycles. The molecule has 1 fully saturated rings. The van der Waals surface area contributed by atoms with E-state index in [1.54, 1.807) is 53.3 Å². The van der Waals surface area contributed by atoms with Gasteiger partial charge in [0.15, 0.2) is 11.5 Å². The fourth-order valence-electron chi connectivity index (χ4n) is 3.72. The Bertz CT molecular complexity index is 933. The highest BCUT2D eigenvalue weighted by atomic mass is 16.5. The molecule has 1 aliphatic heterocycles. The number of ether oxygens (including phenoxy) is 4. The summed E-state index contributed by atoms with van der Waals surface area (Å²) in [5.74, 6) is 1.81. The van der Waals surface area contributed by atoms with Gasteiger partial charge in [-0.25, -0.2) is 0 Å². The number of amides is 2. The van der Waals surface area contributed by atoms with E-state index in [4.69, 9.17) is 18.9 Å². The van der Waals surface area contributed by atoms with Gasteiger partial charge in [0, 0.05) is 24.2 Å². The van der Waals surface area contributed by atoms with Crippen LogP contribution in [0.1, 0.15) is 44.0 Å². The molecule has 3 rings (SSSR count). The van der Waals surface area contributed by atoms with Crippen molar-refractivity contribution in [2.45, 2.75) is 33.6 Å². The van der Waals surface area contributed by atoms with E-state index in [9.17, 15) is 9.59 Å². The maximum atomic E-state index is 13.8. The molecular weight excluding hydrogens is 424 g/mol. The van der Waals surface area contributed by atoms with Crippen LogP contribution in [0, 0.1) is 0 Å². The third kappa shape index (κ3) is 5.69. The third-order valence-electron chi connectivity index (χ3n) is 5.27. The smallest absolute Gasteiger partial charge is 0.260 e. The highest BCUT2D eigenvalue weighted by molar-refractivity contribution is 6.07. The van der Waals surface area contributed by atoms with Gasteiger partial charge in [0.2, 0.25) is 11.7 Å². The molecule has 2 aromatic carbocycles. The summed E-state index contributed by atoms with van der Waals surface area (Å²) in [6, 6.07) is 10.5. The topological polar surface area (TPSA) is 77.5 Å². The number of hydrogen-bond acceptors (Lipinski definition) is 6. The molecule has 0 unspecified atom stereocenters. The first-order chi connectivity index (χ1) is 16.0. The Hall–Kier alpha value is -3.42. The van der Waals surface area contributed by atoms with Crippen molar-refractivity contribution in [3.05, 3.63) is 42.0 Å². The summed E-state index contributed by atoms with van der Waals surface area (Å²) < 4.78 is 22.6. The van der Waals surface area contributed by atoms with Crippen molar-refractivity contribution < 1.29 is 28.5 Å². The largest absolute Gasteiger partial charge is 0.497 e. The Balaban J connectivity index is 2.03. The zero-order chi connectivity index (χ0) is 23.8. The lowest BCUT2D eigenvalue weighted by atomic mass is 10.1. The van der Waals surface area contributed by atoms with Gasteiger partial charge in [-0.2, -0.15) is 0 Å². The standard InChI is InChI=1S/C25H32N2O6/c1-5-31-21-15-18(16-22(32-6-2)24(21)33-7-3)25(29)27(17-26-14-8-9-23(26)28)19-10-12-20(30-4)13-11-19/h10-13,15-16H,5-9,14,17H2,1-4H3. The van der Waals surface area contributed by atoms with Crippen LogP contribution in [0.5, 0.6) is 23.0 Å². The second-order valence-electron chi connectivity index (χ2n) is 7.43. The molecule has 0 spiro atoms. The van der Waals surface area contributed by atoms with Crippen LogP contribution in [-0.2, 0) is 4.79 Å². The second-order valence-corrected chi connectivity index (χ2v) is 7.43.